The number of likely N-dealkylation sites (N-methyl/N-ethyl adjacent to an activating group) is 1. The fraction of sp³-hybridized carbons (Fsp3) is 0.452. The summed E-state index contributed by atoms with van der Waals surface area (Å²) in [6, 6.07) is 10.6. The summed E-state index contributed by atoms with van der Waals surface area (Å²) in [5, 5.41) is 3.32. The first-order valence-corrected chi connectivity index (χ1v) is 14.4. The Balaban J connectivity index is 1.32. The van der Waals surface area contributed by atoms with E-state index in [1.54, 1.807) is 10.6 Å². The Morgan fingerprint density at radius 2 is 1.80 bits per heavy atom. The minimum absolute atomic E-state index is 0.0759. The van der Waals surface area contributed by atoms with Gasteiger partial charge in [0.2, 0.25) is 0 Å². The van der Waals surface area contributed by atoms with Crippen molar-refractivity contribution in [2.75, 3.05) is 64.3 Å². The highest BCUT2D eigenvalue weighted by atomic mass is 19.1. The first kappa shape index (κ1) is 28.0. The number of carbonyl (C=O) groups excluding carboxylic acids is 1. The maximum absolute atomic E-state index is 15.1. The summed E-state index contributed by atoms with van der Waals surface area (Å²) in [6.45, 7) is 11.6. The molecule has 9 heteroatoms. The number of halogens is 1. The summed E-state index contributed by atoms with van der Waals surface area (Å²) in [6.07, 6.45) is 3.61. The van der Waals surface area contributed by atoms with E-state index >= 15 is 4.39 Å². The van der Waals surface area contributed by atoms with Crippen molar-refractivity contribution in [1.29, 1.82) is 0 Å². The molecule has 2 aliphatic rings. The topological polar surface area (TPSA) is 73.7 Å². The van der Waals surface area contributed by atoms with Gasteiger partial charge in [-0.2, -0.15) is 0 Å². The van der Waals surface area contributed by atoms with E-state index in [0.717, 1.165) is 63.4 Å². The number of nitrogens with zero attached hydrogens (tertiary/aromatic N) is 5. The van der Waals surface area contributed by atoms with Crippen LogP contribution in [-0.4, -0.2) is 84.7 Å². The number of nitrogens with one attached hydrogen (secondary N) is 1. The Labute approximate surface area is 235 Å². The van der Waals surface area contributed by atoms with E-state index in [2.05, 4.69) is 36.0 Å². The van der Waals surface area contributed by atoms with Crippen molar-refractivity contribution in [3.63, 3.8) is 0 Å². The zero-order chi connectivity index (χ0) is 28.2. The van der Waals surface area contributed by atoms with Crippen molar-refractivity contribution in [2.45, 2.75) is 33.2 Å². The third kappa shape index (κ3) is 5.95. The largest absolute Gasteiger partial charge is 0.367 e. The van der Waals surface area contributed by atoms with Crippen LogP contribution in [0.15, 0.2) is 41.2 Å². The lowest BCUT2D eigenvalue weighted by molar-refractivity contribution is 0.0952. The molecule has 0 radical (unpaired) electrons. The van der Waals surface area contributed by atoms with Crippen LogP contribution >= 0.6 is 0 Å². The molecule has 0 bridgehead atoms. The van der Waals surface area contributed by atoms with E-state index in [4.69, 9.17) is 4.98 Å². The van der Waals surface area contributed by atoms with Gasteiger partial charge in [-0.1, -0.05) is 26.0 Å². The van der Waals surface area contributed by atoms with E-state index < -0.39 is 0 Å². The molecule has 3 heterocycles. The second-order valence-electron chi connectivity index (χ2n) is 10.7. The molecule has 1 aromatic heterocycles. The number of amides is 1. The monoisotopic (exact) mass is 546 g/mol. The number of fused-ring (bicyclic) bond motifs is 2. The molecule has 212 valence electrons. The molecule has 5 rings (SSSR count). The van der Waals surface area contributed by atoms with Gasteiger partial charge in [0.25, 0.3) is 11.5 Å². The van der Waals surface area contributed by atoms with Gasteiger partial charge in [-0.25, -0.2) is 9.37 Å². The molecule has 0 atom stereocenters. The number of benzene rings is 2. The molecular formula is C31H39FN6O2. The molecule has 1 amide bonds. The number of piperazine rings is 1. The van der Waals surface area contributed by atoms with E-state index in [9.17, 15) is 9.59 Å². The van der Waals surface area contributed by atoms with Gasteiger partial charge in [0.05, 0.1) is 16.6 Å². The molecule has 8 nitrogen and oxygen atoms in total. The van der Waals surface area contributed by atoms with Gasteiger partial charge in [-0.3, -0.25) is 14.2 Å². The van der Waals surface area contributed by atoms with E-state index in [1.807, 2.05) is 35.2 Å². The third-order valence-corrected chi connectivity index (χ3v) is 8.10. The Morgan fingerprint density at radius 3 is 2.50 bits per heavy atom. The molecule has 0 unspecified atom stereocenters. The van der Waals surface area contributed by atoms with Gasteiger partial charge in [-0.15, -0.1) is 0 Å². The Bertz CT molecular complexity index is 1450. The molecular weight excluding hydrogens is 507 g/mol. The van der Waals surface area contributed by atoms with Crippen molar-refractivity contribution >= 4 is 34.1 Å². The average Bonchev–Trinajstić information content (AvgIpc) is 3.36. The maximum atomic E-state index is 15.1. The summed E-state index contributed by atoms with van der Waals surface area (Å²) in [4.78, 5) is 37.3. The third-order valence-electron chi connectivity index (χ3n) is 8.10. The predicted octanol–water partition coefficient (Wildman–Crippen LogP) is 3.69. The Hall–Kier alpha value is -3.56. The van der Waals surface area contributed by atoms with Crippen molar-refractivity contribution in [3.05, 3.63) is 69.5 Å². The van der Waals surface area contributed by atoms with Crippen molar-refractivity contribution in [2.24, 2.45) is 0 Å². The van der Waals surface area contributed by atoms with Crippen LogP contribution in [-0.2, 0) is 6.54 Å². The van der Waals surface area contributed by atoms with Crippen LogP contribution in [0.4, 0.5) is 10.1 Å². The molecule has 1 saturated heterocycles. The highest BCUT2D eigenvalue weighted by Gasteiger charge is 2.24. The van der Waals surface area contributed by atoms with Gasteiger partial charge in [0.1, 0.15) is 11.6 Å². The van der Waals surface area contributed by atoms with E-state index in [-0.39, 0.29) is 17.3 Å². The van der Waals surface area contributed by atoms with Gasteiger partial charge in [0, 0.05) is 44.8 Å². The molecule has 0 aliphatic carbocycles. The van der Waals surface area contributed by atoms with Gasteiger partial charge < -0.3 is 20.0 Å². The lowest BCUT2D eigenvalue weighted by atomic mass is 10.1. The van der Waals surface area contributed by atoms with Crippen LogP contribution in [0.2, 0.25) is 0 Å². The molecule has 3 aromatic rings. The minimum Gasteiger partial charge on any atom is -0.367 e. The molecule has 2 aliphatic heterocycles. The van der Waals surface area contributed by atoms with Gasteiger partial charge in [-0.05, 0) is 81.0 Å². The fourth-order valence-electron chi connectivity index (χ4n) is 5.53. The van der Waals surface area contributed by atoms with Crippen LogP contribution in [0.5, 0.6) is 0 Å². The molecule has 0 spiro atoms. The van der Waals surface area contributed by atoms with Gasteiger partial charge >= 0.3 is 0 Å². The molecule has 0 saturated carbocycles. The maximum Gasteiger partial charge on any atom is 0.261 e. The summed E-state index contributed by atoms with van der Waals surface area (Å²) in [5.41, 5.74) is 3.33. The molecule has 2 aromatic carbocycles. The second kappa shape index (κ2) is 12.3. The number of rotatable bonds is 9. The second-order valence-corrected chi connectivity index (χ2v) is 10.7. The minimum atomic E-state index is -0.377. The smallest absolute Gasteiger partial charge is 0.261 e. The Kier molecular flexibility index (Phi) is 8.61. The number of carbonyl (C=O) groups is 1. The number of aromatic nitrogens is 2. The highest BCUT2D eigenvalue weighted by molar-refractivity contribution is 5.94. The van der Waals surface area contributed by atoms with Crippen molar-refractivity contribution in [1.82, 2.24) is 24.7 Å². The normalized spacial score (nSPS) is 16.7. The van der Waals surface area contributed by atoms with Crippen molar-refractivity contribution in [3.8, 4) is 0 Å². The van der Waals surface area contributed by atoms with Crippen molar-refractivity contribution < 1.29 is 9.18 Å². The standard InChI is InChI=1S/C31H39FN6O2/c1-4-36(5-2)13-6-12-33-30(39)23-9-7-22(8-10-23)19-24-11-14-38-29(24)34-27-21-28(26(32)20-25(27)31(38)40)37-17-15-35(3)16-18-37/h7-10,19-21H,4-6,11-18H2,1-3H3,(H,33,39)/b24-19+. The van der Waals surface area contributed by atoms with Crippen LogP contribution in [0.25, 0.3) is 22.6 Å². The number of anilines is 1. The molecule has 1 N–H and O–H groups in total. The quantitative estimate of drug-likeness (QED) is 0.413. The first-order chi connectivity index (χ1) is 19.4. The fourth-order valence-corrected chi connectivity index (χ4v) is 5.53. The summed E-state index contributed by atoms with van der Waals surface area (Å²) in [5.74, 6) is 0.176. The average molecular weight is 547 g/mol. The summed E-state index contributed by atoms with van der Waals surface area (Å²) < 4.78 is 16.7. The number of hydrogen-bond acceptors (Lipinski definition) is 6. The van der Waals surface area contributed by atoms with Gasteiger partial charge in [0.15, 0.2) is 0 Å². The Morgan fingerprint density at radius 1 is 1.07 bits per heavy atom. The zero-order valence-corrected chi connectivity index (χ0v) is 23.8. The number of hydrogen-bond donors (Lipinski definition) is 1. The molecule has 1 fully saturated rings. The zero-order valence-electron chi connectivity index (χ0n) is 23.8. The van der Waals surface area contributed by atoms with E-state index in [1.165, 1.54) is 6.07 Å². The highest BCUT2D eigenvalue weighted by Crippen LogP contribution is 2.30. The van der Waals surface area contributed by atoms with Crippen LogP contribution in [0, 0.1) is 5.82 Å². The van der Waals surface area contributed by atoms with E-state index in [0.29, 0.717) is 47.5 Å². The van der Waals surface area contributed by atoms with Crippen LogP contribution < -0.4 is 15.8 Å². The summed E-state index contributed by atoms with van der Waals surface area (Å²) in [7, 11) is 2.06. The number of allylic oxidation sites excluding steroid dienone is 1. The lowest BCUT2D eigenvalue weighted by Gasteiger charge is -2.34. The predicted molar refractivity (Wildman–Crippen MR) is 159 cm³/mol. The van der Waals surface area contributed by atoms with Crippen LogP contribution in [0.3, 0.4) is 0 Å². The molecule has 40 heavy (non-hydrogen) atoms. The first-order valence-electron chi connectivity index (χ1n) is 14.4. The van der Waals surface area contributed by atoms with Crippen LogP contribution in [0.1, 0.15) is 48.4 Å². The lowest BCUT2D eigenvalue weighted by Crippen LogP contribution is -2.44. The summed E-state index contributed by atoms with van der Waals surface area (Å²) >= 11 is 0. The SMILES string of the molecule is CCN(CC)CCCNC(=O)c1ccc(/C=C2\CCn3c2nc2cc(N4CCN(C)CC4)c(F)cc2c3=O)cc1.